The van der Waals surface area contributed by atoms with Crippen LogP contribution in [0.2, 0.25) is 0 Å². The van der Waals surface area contributed by atoms with Crippen LogP contribution in [-0.2, 0) is 6.42 Å². The van der Waals surface area contributed by atoms with Gasteiger partial charge in [-0.3, -0.25) is 4.79 Å². The molecule has 4 rings (SSSR count). The lowest BCUT2D eigenvalue weighted by molar-refractivity contribution is 0.0948. The summed E-state index contributed by atoms with van der Waals surface area (Å²) in [5.41, 5.74) is 5.21. The fourth-order valence-corrected chi connectivity index (χ4v) is 3.34. The van der Waals surface area contributed by atoms with Gasteiger partial charge in [0.15, 0.2) is 0 Å². The number of halogens is 1. The summed E-state index contributed by atoms with van der Waals surface area (Å²) in [5.74, 6) is 0.306. The largest absolute Gasteiger partial charge is 0.497 e. The molecule has 0 spiro atoms. The summed E-state index contributed by atoms with van der Waals surface area (Å²) in [6.45, 7) is 1.87. The van der Waals surface area contributed by atoms with Crippen LogP contribution in [0.1, 0.15) is 21.7 Å². The van der Waals surface area contributed by atoms with Crippen LogP contribution in [0.15, 0.2) is 54.6 Å². The smallest absolute Gasteiger partial charge is 0.271 e. The first-order valence-corrected chi connectivity index (χ1v) is 8.30. The second kappa shape index (κ2) is 6.26. The van der Waals surface area contributed by atoms with Crippen molar-refractivity contribution in [1.29, 1.82) is 0 Å². The molecule has 0 atom stereocenters. The fourth-order valence-electron chi connectivity index (χ4n) is 3.34. The number of aromatic nitrogens is 2. The summed E-state index contributed by atoms with van der Waals surface area (Å²) in [7, 11) is 1.62. The van der Waals surface area contributed by atoms with Crippen LogP contribution in [0.3, 0.4) is 0 Å². The molecule has 130 valence electrons. The number of carbonyl (C=O) groups is 1. The molecule has 4 nitrogen and oxygen atoms in total. The molecule has 0 bridgehead atoms. The predicted octanol–water partition coefficient (Wildman–Crippen LogP) is 4.29. The number of hydrogen-bond donors (Lipinski definition) is 0. The van der Waals surface area contributed by atoms with Crippen LogP contribution in [0, 0.1) is 12.7 Å². The molecule has 0 aliphatic carbocycles. The Morgan fingerprint density at radius 3 is 2.35 bits per heavy atom. The molecule has 0 saturated carbocycles. The highest BCUT2D eigenvalue weighted by molar-refractivity contribution is 6.00. The Morgan fingerprint density at radius 2 is 1.69 bits per heavy atom. The van der Waals surface area contributed by atoms with Crippen molar-refractivity contribution in [2.75, 3.05) is 7.11 Å². The summed E-state index contributed by atoms with van der Waals surface area (Å²) >= 11 is 0. The van der Waals surface area contributed by atoms with Gasteiger partial charge in [0.1, 0.15) is 11.6 Å². The molecule has 3 aromatic rings. The Balaban J connectivity index is 1.77. The van der Waals surface area contributed by atoms with Crippen LogP contribution >= 0.6 is 0 Å². The van der Waals surface area contributed by atoms with Crippen LogP contribution in [0.4, 0.5) is 4.39 Å². The minimum absolute atomic E-state index is 0.173. The van der Waals surface area contributed by atoms with E-state index in [2.05, 4.69) is 5.10 Å². The molecule has 1 aliphatic rings. The van der Waals surface area contributed by atoms with Crippen molar-refractivity contribution in [3.05, 3.63) is 77.4 Å². The number of nitrogens with zero attached hydrogens (tertiary/aromatic N) is 2. The molecule has 0 saturated heterocycles. The Bertz CT molecular complexity index is 1020. The minimum Gasteiger partial charge on any atom is -0.497 e. The van der Waals surface area contributed by atoms with E-state index in [1.165, 1.54) is 16.8 Å². The summed E-state index contributed by atoms with van der Waals surface area (Å²) in [5, 5.41) is 4.40. The highest BCUT2D eigenvalue weighted by Crippen LogP contribution is 2.34. The van der Waals surface area contributed by atoms with Gasteiger partial charge in [-0.1, -0.05) is 24.3 Å². The first-order valence-electron chi connectivity index (χ1n) is 8.30. The van der Waals surface area contributed by atoms with Crippen molar-refractivity contribution >= 4 is 11.5 Å². The van der Waals surface area contributed by atoms with Crippen molar-refractivity contribution in [3.63, 3.8) is 0 Å². The molecule has 0 radical (unpaired) electrons. The van der Waals surface area contributed by atoms with Crippen LogP contribution < -0.4 is 4.74 Å². The molecule has 2 heterocycles. The molecule has 0 unspecified atom stereocenters. The minimum atomic E-state index is -0.290. The van der Waals surface area contributed by atoms with E-state index in [1.807, 2.05) is 31.2 Å². The number of ether oxygens (including phenoxy) is 1. The van der Waals surface area contributed by atoms with Crippen molar-refractivity contribution < 1.29 is 13.9 Å². The van der Waals surface area contributed by atoms with Gasteiger partial charge in [0.05, 0.1) is 18.5 Å². The third kappa shape index (κ3) is 2.71. The van der Waals surface area contributed by atoms with E-state index in [1.54, 1.807) is 25.3 Å². The van der Waals surface area contributed by atoms with Gasteiger partial charge in [-0.05, 0) is 47.9 Å². The highest BCUT2D eigenvalue weighted by atomic mass is 19.1. The number of carbonyl (C=O) groups excluding carboxylic acids is 1. The van der Waals surface area contributed by atoms with Gasteiger partial charge in [0, 0.05) is 18.1 Å². The van der Waals surface area contributed by atoms with E-state index in [4.69, 9.17) is 4.74 Å². The first-order chi connectivity index (χ1) is 12.6. The molecule has 2 aromatic carbocycles. The van der Waals surface area contributed by atoms with Gasteiger partial charge in [-0.25, -0.2) is 9.07 Å². The van der Waals surface area contributed by atoms with E-state index >= 15 is 0 Å². The van der Waals surface area contributed by atoms with Gasteiger partial charge < -0.3 is 4.74 Å². The zero-order chi connectivity index (χ0) is 18.3. The predicted molar refractivity (Wildman–Crippen MR) is 97.7 cm³/mol. The maximum atomic E-state index is 13.3. The van der Waals surface area contributed by atoms with Crippen molar-refractivity contribution in [3.8, 4) is 16.9 Å². The number of aryl methyl sites for hydroxylation is 1. The van der Waals surface area contributed by atoms with Crippen LogP contribution in [0.5, 0.6) is 5.75 Å². The topological polar surface area (TPSA) is 44.1 Å². The number of benzene rings is 2. The van der Waals surface area contributed by atoms with E-state index in [0.717, 1.165) is 39.4 Å². The summed E-state index contributed by atoms with van der Waals surface area (Å²) < 4.78 is 19.9. The number of methoxy groups -OCH3 is 1. The number of hydrogen-bond acceptors (Lipinski definition) is 3. The summed E-state index contributed by atoms with van der Waals surface area (Å²) in [4.78, 5) is 12.6. The monoisotopic (exact) mass is 348 g/mol. The molecule has 26 heavy (non-hydrogen) atoms. The maximum Gasteiger partial charge on any atom is 0.271 e. The lowest BCUT2D eigenvalue weighted by Gasteiger charge is -2.16. The molecular formula is C21H17FN2O2. The SMILES string of the molecule is COc1ccc(C2=CC(=O)n3nc(C)c(-c4ccc(F)cc4)c3C2)cc1. The van der Waals surface area contributed by atoms with Gasteiger partial charge in [-0.15, -0.1) is 0 Å². The van der Waals surface area contributed by atoms with E-state index in [-0.39, 0.29) is 11.7 Å². The molecule has 0 fully saturated rings. The first kappa shape index (κ1) is 16.3. The summed E-state index contributed by atoms with van der Waals surface area (Å²) in [6, 6.07) is 13.9. The van der Waals surface area contributed by atoms with Crippen LogP contribution in [-0.4, -0.2) is 22.8 Å². The van der Waals surface area contributed by atoms with E-state index in [9.17, 15) is 9.18 Å². The second-order valence-electron chi connectivity index (χ2n) is 6.24. The summed E-state index contributed by atoms with van der Waals surface area (Å²) in [6.07, 6.45) is 2.20. The molecular weight excluding hydrogens is 331 g/mol. The van der Waals surface area contributed by atoms with E-state index < -0.39 is 0 Å². The number of fused-ring (bicyclic) bond motifs is 1. The average molecular weight is 348 g/mol. The van der Waals surface area contributed by atoms with Gasteiger partial charge in [-0.2, -0.15) is 5.10 Å². The van der Waals surface area contributed by atoms with Gasteiger partial charge in [0.2, 0.25) is 0 Å². The number of rotatable bonds is 3. The average Bonchev–Trinajstić information content (AvgIpc) is 2.99. The van der Waals surface area contributed by atoms with E-state index in [0.29, 0.717) is 6.42 Å². The maximum absolute atomic E-state index is 13.3. The van der Waals surface area contributed by atoms with Crippen molar-refractivity contribution in [1.82, 2.24) is 9.78 Å². The molecule has 0 N–H and O–H groups in total. The molecule has 1 aromatic heterocycles. The molecule has 1 aliphatic heterocycles. The fraction of sp³-hybridized carbons (Fsp3) is 0.143. The molecule has 5 heteroatoms. The quantitative estimate of drug-likeness (QED) is 0.709. The lowest BCUT2D eigenvalue weighted by atomic mass is 9.93. The Labute approximate surface area is 150 Å². The van der Waals surface area contributed by atoms with Crippen molar-refractivity contribution in [2.45, 2.75) is 13.3 Å². The zero-order valence-electron chi connectivity index (χ0n) is 14.5. The Morgan fingerprint density at radius 1 is 1.04 bits per heavy atom. The van der Waals surface area contributed by atoms with Crippen LogP contribution in [0.25, 0.3) is 16.7 Å². The third-order valence-electron chi connectivity index (χ3n) is 4.61. The standard InChI is InChI=1S/C21H17FN2O2/c1-13-21(15-3-7-17(22)8-4-15)19-11-16(12-20(25)24(19)23-13)14-5-9-18(26-2)10-6-14/h3-10,12H,11H2,1-2H3. The van der Waals surface area contributed by atoms with Gasteiger partial charge >= 0.3 is 0 Å². The Kier molecular flexibility index (Phi) is 3.92. The lowest BCUT2D eigenvalue weighted by Crippen LogP contribution is -2.19. The Hall–Kier alpha value is -3.21. The zero-order valence-corrected chi connectivity index (χ0v) is 14.5. The van der Waals surface area contributed by atoms with Crippen molar-refractivity contribution in [2.24, 2.45) is 0 Å². The molecule has 0 amide bonds. The van der Waals surface area contributed by atoms with Gasteiger partial charge in [0.25, 0.3) is 5.91 Å². The normalized spacial score (nSPS) is 13.3. The second-order valence-corrected chi connectivity index (χ2v) is 6.24. The highest BCUT2D eigenvalue weighted by Gasteiger charge is 2.25. The number of allylic oxidation sites excluding steroid dienone is 2. The third-order valence-corrected chi connectivity index (χ3v) is 4.61.